The van der Waals surface area contributed by atoms with E-state index in [9.17, 15) is 0 Å². The predicted molar refractivity (Wildman–Crippen MR) is 78.3 cm³/mol. The Morgan fingerprint density at radius 1 is 1.56 bits per heavy atom. The molecule has 0 bridgehead atoms. The second kappa shape index (κ2) is 5.47. The number of aromatic nitrogens is 2. The van der Waals surface area contributed by atoms with Crippen LogP contribution < -0.4 is 5.32 Å². The van der Waals surface area contributed by atoms with Crippen molar-refractivity contribution < 1.29 is 0 Å². The number of hydrogen-bond donors (Lipinski definition) is 2. The summed E-state index contributed by atoms with van der Waals surface area (Å²) in [6, 6.07) is 2.76. The number of H-pyrrole nitrogens is 1. The number of thioether (sulfide) groups is 1. The molecule has 0 fully saturated rings. The number of hydrogen-bond acceptors (Lipinski definition) is 4. The van der Waals surface area contributed by atoms with Gasteiger partial charge in [0.15, 0.2) is 0 Å². The summed E-state index contributed by atoms with van der Waals surface area (Å²) < 4.78 is 0. The van der Waals surface area contributed by atoms with E-state index in [1.165, 1.54) is 22.8 Å². The van der Waals surface area contributed by atoms with Gasteiger partial charge in [-0.3, -0.25) is 0 Å². The second-order valence-corrected chi connectivity index (χ2v) is 6.75. The van der Waals surface area contributed by atoms with Gasteiger partial charge in [-0.25, -0.2) is 4.98 Å². The molecule has 0 saturated carbocycles. The SMILES string of the molecule is CNC(Cc1ncc[nH]1)c1cc2c(s1)CCSC2. The number of rotatable bonds is 4. The average molecular weight is 279 g/mol. The van der Waals surface area contributed by atoms with Crippen molar-refractivity contribution in [3.63, 3.8) is 0 Å². The molecule has 0 spiro atoms. The Morgan fingerprint density at radius 2 is 2.50 bits per heavy atom. The first-order chi connectivity index (χ1) is 8.86. The Labute approximate surface area is 115 Å². The largest absolute Gasteiger partial charge is 0.349 e. The van der Waals surface area contributed by atoms with Gasteiger partial charge in [-0.1, -0.05) is 0 Å². The summed E-state index contributed by atoms with van der Waals surface area (Å²) in [6.07, 6.45) is 5.87. The molecule has 0 aromatic carbocycles. The fraction of sp³-hybridized carbons (Fsp3) is 0.462. The number of aromatic amines is 1. The highest BCUT2D eigenvalue weighted by atomic mass is 32.2. The lowest BCUT2D eigenvalue weighted by molar-refractivity contribution is 0.587. The van der Waals surface area contributed by atoms with Crippen molar-refractivity contribution in [1.29, 1.82) is 0 Å². The van der Waals surface area contributed by atoms with Gasteiger partial charge in [-0.05, 0) is 30.9 Å². The Balaban J connectivity index is 1.80. The minimum Gasteiger partial charge on any atom is -0.349 e. The standard InChI is InChI=1S/C13H17N3S2/c1-14-10(7-13-15-3-4-16-13)12-6-9-8-17-5-2-11(9)18-12/h3-4,6,10,14H,2,5,7-8H2,1H3,(H,15,16). The average Bonchev–Trinajstić information content (AvgIpc) is 3.04. The van der Waals surface area contributed by atoms with Crippen LogP contribution in [0.2, 0.25) is 0 Å². The van der Waals surface area contributed by atoms with Crippen molar-refractivity contribution in [2.75, 3.05) is 12.8 Å². The van der Waals surface area contributed by atoms with E-state index in [0.29, 0.717) is 6.04 Å². The number of likely N-dealkylation sites (N-methyl/N-ethyl adjacent to an activating group) is 1. The van der Waals surface area contributed by atoms with Crippen LogP contribution in [0.1, 0.15) is 27.2 Å². The molecule has 2 aromatic heterocycles. The van der Waals surface area contributed by atoms with Gasteiger partial charge < -0.3 is 10.3 Å². The van der Waals surface area contributed by atoms with Gasteiger partial charge in [0.1, 0.15) is 5.82 Å². The van der Waals surface area contributed by atoms with Crippen molar-refractivity contribution in [3.05, 3.63) is 39.6 Å². The van der Waals surface area contributed by atoms with E-state index < -0.39 is 0 Å². The summed E-state index contributed by atoms with van der Waals surface area (Å²) >= 11 is 4.02. The zero-order valence-electron chi connectivity index (χ0n) is 10.4. The molecule has 3 heterocycles. The Morgan fingerprint density at radius 3 is 3.22 bits per heavy atom. The van der Waals surface area contributed by atoms with Gasteiger partial charge in [0.05, 0.1) is 0 Å². The number of nitrogens with one attached hydrogen (secondary N) is 2. The van der Waals surface area contributed by atoms with Crippen LogP contribution in [0.15, 0.2) is 18.5 Å². The highest BCUT2D eigenvalue weighted by Crippen LogP contribution is 2.35. The lowest BCUT2D eigenvalue weighted by atomic mass is 10.1. The van der Waals surface area contributed by atoms with E-state index in [2.05, 4.69) is 21.4 Å². The molecule has 0 aliphatic carbocycles. The molecule has 0 saturated heterocycles. The fourth-order valence-corrected chi connectivity index (χ4v) is 4.78. The van der Waals surface area contributed by atoms with Crippen molar-refractivity contribution in [1.82, 2.24) is 15.3 Å². The maximum absolute atomic E-state index is 4.32. The van der Waals surface area contributed by atoms with Crippen LogP contribution >= 0.6 is 23.1 Å². The van der Waals surface area contributed by atoms with Gasteiger partial charge in [0, 0.05) is 40.4 Å². The van der Waals surface area contributed by atoms with Crippen LogP contribution in [0.25, 0.3) is 0 Å². The van der Waals surface area contributed by atoms with Crippen molar-refractivity contribution in [2.45, 2.75) is 24.6 Å². The van der Waals surface area contributed by atoms with Gasteiger partial charge in [-0.2, -0.15) is 11.8 Å². The third-order valence-corrected chi connectivity index (χ3v) is 5.65. The van der Waals surface area contributed by atoms with E-state index in [4.69, 9.17) is 0 Å². The second-order valence-electron chi connectivity index (χ2n) is 4.48. The summed E-state index contributed by atoms with van der Waals surface area (Å²) in [5, 5.41) is 3.41. The zero-order valence-corrected chi connectivity index (χ0v) is 12.0. The Kier molecular flexibility index (Phi) is 3.72. The molecule has 2 N–H and O–H groups in total. The van der Waals surface area contributed by atoms with Crippen LogP contribution in [-0.4, -0.2) is 22.8 Å². The molecular weight excluding hydrogens is 262 g/mol. The number of thiophene rings is 1. The quantitative estimate of drug-likeness (QED) is 0.904. The number of fused-ring (bicyclic) bond motifs is 1. The Hall–Kier alpha value is -0.780. The van der Waals surface area contributed by atoms with Crippen LogP contribution in [0.4, 0.5) is 0 Å². The third kappa shape index (κ3) is 2.48. The first-order valence-electron chi connectivity index (χ1n) is 6.21. The molecule has 5 heteroatoms. The molecule has 3 rings (SSSR count). The van der Waals surface area contributed by atoms with E-state index in [0.717, 1.165) is 12.2 Å². The molecule has 0 radical (unpaired) electrons. The molecule has 2 aromatic rings. The van der Waals surface area contributed by atoms with Gasteiger partial charge >= 0.3 is 0 Å². The molecular formula is C13H17N3S2. The van der Waals surface area contributed by atoms with Gasteiger partial charge in [0.25, 0.3) is 0 Å². The third-order valence-electron chi connectivity index (χ3n) is 3.29. The topological polar surface area (TPSA) is 40.7 Å². The summed E-state index contributed by atoms with van der Waals surface area (Å²) in [5.41, 5.74) is 1.55. The normalized spacial score (nSPS) is 16.5. The highest BCUT2D eigenvalue weighted by Gasteiger charge is 2.19. The first kappa shape index (κ1) is 12.3. The molecule has 1 atom stereocenters. The van der Waals surface area contributed by atoms with E-state index in [1.54, 1.807) is 10.4 Å². The molecule has 3 nitrogen and oxygen atoms in total. The number of aryl methyl sites for hydroxylation is 1. The summed E-state index contributed by atoms with van der Waals surface area (Å²) in [4.78, 5) is 10.5. The summed E-state index contributed by atoms with van der Waals surface area (Å²) in [7, 11) is 2.03. The van der Waals surface area contributed by atoms with E-state index in [-0.39, 0.29) is 0 Å². The molecule has 1 aliphatic rings. The first-order valence-corrected chi connectivity index (χ1v) is 8.18. The molecule has 1 unspecified atom stereocenters. The van der Waals surface area contributed by atoms with E-state index in [1.807, 2.05) is 42.5 Å². The molecule has 1 aliphatic heterocycles. The molecule has 96 valence electrons. The molecule has 18 heavy (non-hydrogen) atoms. The van der Waals surface area contributed by atoms with Gasteiger partial charge in [-0.15, -0.1) is 11.3 Å². The maximum atomic E-state index is 4.32. The monoisotopic (exact) mass is 279 g/mol. The minimum atomic E-state index is 0.372. The minimum absolute atomic E-state index is 0.372. The molecule has 0 amide bonds. The lowest BCUT2D eigenvalue weighted by Gasteiger charge is -2.12. The smallest absolute Gasteiger partial charge is 0.107 e. The predicted octanol–water partition coefficient (Wildman–Crippen LogP) is 2.76. The number of nitrogens with zero attached hydrogens (tertiary/aromatic N) is 1. The zero-order chi connectivity index (χ0) is 12.4. The Bertz CT molecular complexity index is 481. The lowest BCUT2D eigenvalue weighted by Crippen LogP contribution is -2.18. The van der Waals surface area contributed by atoms with Crippen molar-refractivity contribution in [3.8, 4) is 0 Å². The van der Waals surface area contributed by atoms with Gasteiger partial charge in [0.2, 0.25) is 0 Å². The van der Waals surface area contributed by atoms with Crippen LogP contribution in [0, 0.1) is 0 Å². The fourth-order valence-electron chi connectivity index (χ4n) is 2.29. The number of imidazole rings is 1. The highest BCUT2D eigenvalue weighted by molar-refractivity contribution is 7.98. The maximum Gasteiger partial charge on any atom is 0.107 e. The van der Waals surface area contributed by atoms with Crippen LogP contribution in [0.3, 0.4) is 0 Å². The van der Waals surface area contributed by atoms with Crippen molar-refractivity contribution >= 4 is 23.1 Å². The summed E-state index contributed by atoms with van der Waals surface area (Å²) in [5.74, 6) is 3.51. The summed E-state index contributed by atoms with van der Waals surface area (Å²) in [6.45, 7) is 0. The van der Waals surface area contributed by atoms with Crippen LogP contribution in [-0.2, 0) is 18.6 Å². The van der Waals surface area contributed by atoms with E-state index >= 15 is 0 Å². The van der Waals surface area contributed by atoms with Crippen molar-refractivity contribution in [2.24, 2.45) is 0 Å². The van der Waals surface area contributed by atoms with Crippen LogP contribution in [0.5, 0.6) is 0 Å².